The van der Waals surface area contributed by atoms with Gasteiger partial charge in [0.2, 0.25) is 0 Å². The molecular formula is C20H25NO3. The van der Waals surface area contributed by atoms with Crippen molar-refractivity contribution in [3.8, 4) is 11.5 Å². The summed E-state index contributed by atoms with van der Waals surface area (Å²) in [7, 11) is 1.58. The van der Waals surface area contributed by atoms with Crippen LogP contribution in [0.15, 0.2) is 48.5 Å². The Morgan fingerprint density at radius 1 is 1.08 bits per heavy atom. The second kappa shape index (κ2) is 8.96. The molecule has 0 fully saturated rings. The first kappa shape index (κ1) is 17.9. The summed E-state index contributed by atoms with van der Waals surface area (Å²) in [6.45, 7) is 4.45. The maximum atomic E-state index is 12.1. The molecule has 2 aromatic carbocycles. The maximum absolute atomic E-state index is 12.1. The van der Waals surface area contributed by atoms with Crippen LogP contribution in [0.4, 0.5) is 0 Å². The van der Waals surface area contributed by atoms with Crippen molar-refractivity contribution in [3.63, 3.8) is 0 Å². The summed E-state index contributed by atoms with van der Waals surface area (Å²) in [5.41, 5.74) is 2.54. The third-order valence-electron chi connectivity index (χ3n) is 3.80. The Balaban J connectivity index is 1.74. The molecule has 4 heteroatoms. The van der Waals surface area contributed by atoms with Crippen LogP contribution in [0.3, 0.4) is 0 Å². The Morgan fingerprint density at radius 2 is 1.75 bits per heavy atom. The number of carbonyl (C=O) groups excluding carboxylic acids is 1. The highest BCUT2D eigenvalue weighted by Crippen LogP contribution is 2.26. The number of hydrogen-bond donors (Lipinski definition) is 1. The molecule has 0 saturated heterocycles. The van der Waals surface area contributed by atoms with Crippen LogP contribution in [0, 0.1) is 6.92 Å². The Hall–Kier alpha value is -2.49. The average molecular weight is 327 g/mol. The lowest BCUT2D eigenvalue weighted by molar-refractivity contribution is -0.127. The molecular weight excluding hydrogens is 302 g/mol. The number of nitrogens with one attached hydrogen (secondary N) is 1. The van der Waals surface area contributed by atoms with E-state index in [2.05, 4.69) is 36.5 Å². The van der Waals surface area contributed by atoms with Gasteiger partial charge in [-0.25, -0.2) is 0 Å². The van der Waals surface area contributed by atoms with Crippen molar-refractivity contribution in [2.75, 3.05) is 13.7 Å². The lowest BCUT2D eigenvalue weighted by atomic mass is 10.1. The molecule has 4 nitrogen and oxygen atoms in total. The largest absolute Gasteiger partial charge is 0.493 e. The standard InChI is InChI=1S/C20H25NO3/c1-15-10-12-17(13-11-15)7-6-14-21-20(22)16(2)24-19-9-5-4-8-18(19)23-3/h4-5,8-13,16H,6-7,14H2,1-3H3,(H,21,22)/t16-/m1/s1. The Bertz CT molecular complexity index is 652. The average Bonchev–Trinajstić information content (AvgIpc) is 2.60. The number of methoxy groups -OCH3 is 1. The first-order valence-corrected chi connectivity index (χ1v) is 8.23. The molecule has 0 aliphatic rings. The van der Waals surface area contributed by atoms with Crippen LogP contribution >= 0.6 is 0 Å². The van der Waals surface area contributed by atoms with Gasteiger partial charge >= 0.3 is 0 Å². The zero-order valence-electron chi connectivity index (χ0n) is 14.5. The van der Waals surface area contributed by atoms with Gasteiger partial charge in [0.15, 0.2) is 17.6 Å². The minimum absolute atomic E-state index is 0.121. The van der Waals surface area contributed by atoms with Gasteiger partial charge in [-0.15, -0.1) is 0 Å². The highest BCUT2D eigenvalue weighted by Gasteiger charge is 2.15. The summed E-state index contributed by atoms with van der Waals surface area (Å²) in [4.78, 5) is 12.1. The van der Waals surface area contributed by atoms with E-state index in [1.807, 2.05) is 18.2 Å². The fraction of sp³-hybridized carbons (Fsp3) is 0.350. The molecule has 1 N–H and O–H groups in total. The van der Waals surface area contributed by atoms with Crippen LogP contribution in [0.5, 0.6) is 11.5 Å². The lowest BCUT2D eigenvalue weighted by Gasteiger charge is -2.16. The van der Waals surface area contributed by atoms with E-state index >= 15 is 0 Å². The zero-order valence-corrected chi connectivity index (χ0v) is 14.5. The number of hydrogen-bond acceptors (Lipinski definition) is 3. The molecule has 128 valence electrons. The van der Waals surface area contributed by atoms with Gasteiger partial charge in [-0.05, 0) is 44.4 Å². The first-order chi connectivity index (χ1) is 11.6. The molecule has 0 radical (unpaired) electrons. The van der Waals surface area contributed by atoms with Crippen LogP contribution in [0.2, 0.25) is 0 Å². The van der Waals surface area contributed by atoms with Crippen LogP contribution in [-0.4, -0.2) is 25.7 Å². The highest BCUT2D eigenvalue weighted by molar-refractivity contribution is 5.80. The number of ether oxygens (including phenoxy) is 2. The predicted octanol–water partition coefficient (Wildman–Crippen LogP) is 3.52. The smallest absolute Gasteiger partial charge is 0.260 e. The summed E-state index contributed by atoms with van der Waals surface area (Å²) in [6, 6.07) is 15.8. The molecule has 0 heterocycles. The second-order valence-corrected chi connectivity index (χ2v) is 5.79. The SMILES string of the molecule is COc1ccccc1O[C@H](C)C(=O)NCCCc1ccc(C)cc1. The zero-order chi connectivity index (χ0) is 17.4. The van der Waals surface area contributed by atoms with E-state index in [-0.39, 0.29) is 5.91 Å². The summed E-state index contributed by atoms with van der Waals surface area (Å²) >= 11 is 0. The van der Waals surface area contributed by atoms with Gasteiger partial charge < -0.3 is 14.8 Å². The van der Waals surface area contributed by atoms with Gasteiger partial charge in [0.1, 0.15) is 0 Å². The molecule has 2 aromatic rings. The number of benzene rings is 2. The summed E-state index contributed by atoms with van der Waals surface area (Å²) < 4.78 is 10.9. The van der Waals surface area contributed by atoms with Crippen molar-refractivity contribution in [2.24, 2.45) is 0 Å². The van der Waals surface area contributed by atoms with Gasteiger partial charge in [0.25, 0.3) is 5.91 Å². The lowest BCUT2D eigenvalue weighted by Crippen LogP contribution is -2.37. The Labute approximate surface area is 143 Å². The molecule has 24 heavy (non-hydrogen) atoms. The van der Waals surface area contributed by atoms with E-state index in [1.165, 1.54) is 11.1 Å². The van der Waals surface area contributed by atoms with Crippen molar-refractivity contribution in [3.05, 3.63) is 59.7 Å². The maximum Gasteiger partial charge on any atom is 0.260 e. The van der Waals surface area contributed by atoms with E-state index in [0.717, 1.165) is 12.8 Å². The molecule has 0 unspecified atom stereocenters. The van der Waals surface area contributed by atoms with Gasteiger partial charge in [0.05, 0.1) is 7.11 Å². The fourth-order valence-electron chi connectivity index (χ4n) is 2.36. The number of amides is 1. The third kappa shape index (κ3) is 5.30. The van der Waals surface area contributed by atoms with Gasteiger partial charge in [0, 0.05) is 6.54 Å². The van der Waals surface area contributed by atoms with Crippen LogP contribution in [0.1, 0.15) is 24.5 Å². The number of carbonyl (C=O) groups is 1. The van der Waals surface area contributed by atoms with Crippen molar-refractivity contribution in [1.29, 1.82) is 0 Å². The van der Waals surface area contributed by atoms with Gasteiger partial charge in [-0.2, -0.15) is 0 Å². The van der Waals surface area contributed by atoms with Crippen molar-refractivity contribution >= 4 is 5.91 Å². The van der Waals surface area contributed by atoms with Crippen molar-refractivity contribution in [2.45, 2.75) is 32.8 Å². The van der Waals surface area contributed by atoms with E-state index < -0.39 is 6.10 Å². The van der Waals surface area contributed by atoms with Gasteiger partial charge in [-0.1, -0.05) is 42.0 Å². The van der Waals surface area contributed by atoms with Crippen LogP contribution in [-0.2, 0) is 11.2 Å². The molecule has 1 atom stereocenters. The fourth-order valence-corrected chi connectivity index (χ4v) is 2.36. The summed E-state index contributed by atoms with van der Waals surface area (Å²) in [6.07, 6.45) is 1.28. The number of aryl methyl sites for hydroxylation is 2. The van der Waals surface area contributed by atoms with Crippen LogP contribution < -0.4 is 14.8 Å². The van der Waals surface area contributed by atoms with Gasteiger partial charge in [-0.3, -0.25) is 4.79 Å². The van der Waals surface area contributed by atoms with Crippen molar-refractivity contribution < 1.29 is 14.3 Å². The van der Waals surface area contributed by atoms with Crippen LogP contribution in [0.25, 0.3) is 0 Å². The van der Waals surface area contributed by atoms with Crippen molar-refractivity contribution in [1.82, 2.24) is 5.32 Å². The Morgan fingerprint density at radius 3 is 2.42 bits per heavy atom. The number of rotatable bonds is 8. The molecule has 0 aliphatic carbocycles. The summed E-state index contributed by atoms with van der Waals surface area (Å²) in [5.74, 6) is 1.07. The first-order valence-electron chi connectivity index (χ1n) is 8.23. The van der Waals surface area contributed by atoms with E-state index in [0.29, 0.717) is 18.0 Å². The Kier molecular flexibility index (Phi) is 6.67. The molecule has 0 aromatic heterocycles. The van der Waals surface area contributed by atoms with E-state index in [4.69, 9.17) is 9.47 Å². The summed E-state index contributed by atoms with van der Waals surface area (Å²) in [5, 5.41) is 2.92. The third-order valence-corrected chi connectivity index (χ3v) is 3.80. The van der Waals surface area contributed by atoms with E-state index in [1.54, 1.807) is 20.1 Å². The molecule has 0 saturated carbocycles. The quantitative estimate of drug-likeness (QED) is 0.755. The topological polar surface area (TPSA) is 47.6 Å². The highest BCUT2D eigenvalue weighted by atomic mass is 16.5. The molecule has 0 aliphatic heterocycles. The minimum atomic E-state index is -0.569. The molecule has 0 spiro atoms. The molecule has 0 bridgehead atoms. The normalized spacial score (nSPS) is 11.6. The van der Waals surface area contributed by atoms with E-state index in [9.17, 15) is 4.79 Å². The molecule has 1 amide bonds. The molecule has 2 rings (SSSR count). The number of para-hydroxylation sites is 2. The monoisotopic (exact) mass is 327 g/mol. The predicted molar refractivity (Wildman–Crippen MR) is 95.6 cm³/mol. The second-order valence-electron chi connectivity index (χ2n) is 5.79. The minimum Gasteiger partial charge on any atom is -0.493 e.